The number of aromatic nitrogens is 2. The number of amides is 2. The summed E-state index contributed by atoms with van der Waals surface area (Å²) in [4.78, 5) is 29.8. The zero-order chi connectivity index (χ0) is 20.6. The fraction of sp³-hybridized carbons (Fsp3) is 0.500. The van der Waals surface area contributed by atoms with E-state index in [4.69, 9.17) is 4.74 Å². The molecule has 0 saturated heterocycles. The maximum atomic E-state index is 12.8. The van der Waals surface area contributed by atoms with Crippen LogP contribution in [0.2, 0.25) is 0 Å². The molecular weight excluding hydrogens is 368 g/mol. The first-order valence-corrected chi connectivity index (χ1v) is 10.4. The first-order valence-electron chi connectivity index (χ1n) is 10.4. The molecule has 0 radical (unpaired) electrons. The Bertz CT molecular complexity index is 860. The van der Waals surface area contributed by atoms with Crippen molar-refractivity contribution >= 4 is 11.8 Å². The van der Waals surface area contributed by atoms with Crippen molar-refractivity contribution in [2.45, 2.75) is 52.0 Å². The Morgan fingerprint density at radius 1 is 1.14 bits per heavy atom. The van der Waals surface area contributed by atoms with Gasteiger partial charge in [-0.05, 0) is 43.7 Å². The van der Waals surface area contributed by atoms with Gasteiger partial charge in [0.2, 0.25) is 0 Å². The summed E-state index contributed by atoms with van der Waals surface area (Å²) in [5, 5.41) is 5.86. The number of unbranched alkanes of at least 4 members (excludes halogenated alkanes) is 1. The summed E-state index contributed by atoms with van der Waals surface area (Å²) in [5.74, 6) is 0.721. The van der Waals surface area contributed by atoms with E-state index in [0.717, 1.165) is 55.7 Å². The van der Waals surface area contributed by atoms with Crippen molar-refractivity contribution in [1.82, 2.24) is 20.2 Å². The monoisotopic (exact) mass is 398 g/mol. The summed E-state index contributed by atoms with van der Waals surface area (Å²) in [6.45, 7) is 3.90. The Kier molecular flexibility index (Phi) is 7.27. The first kappa shape index (κ1) is 20.9. The number of hydrogen-bond donors (Lipinski definition) is 2. The molecule has 0 fully saturated rings. The van der Waals surface area contributed by atoms with Gasteiger partial charge in [0.15, 0.2) is 5.82 Å². The van der Waals surface area contributed by atoms with Crippen LogP contribution >= 0.6 is 0 Å². The SMILES string of the molecule is CCCCNC(=O)c1nc(C(=O)NCCc2ccccc2OC)n2c1CCCC2. The lowest BCUT2D eigenvalue weighted by atomic mass is 10.1. The van der Waals surface area contributed by atoms with Crippen LogP contribution in [-0.4, -0.2) is 41.6 Å². The Labute approximate surface area is 171 Å². The van der Waals surface area contributed by atoms with Gasteiger partial charge in [-0.15, -0.1) is 0 Å². The molecule has 2 amide bonds. The molecule has 29 heavy (non-hydrogen) atoms. The van der Waals surface area contributed by atoms with Gasteiger partial charge < -0.3 is 19.9 Å². The van der Waals surface area contributed by atoms with Crippen molar-refractivity contribution in [3.8, 4) is 5.75 Å². The average Bonchev–Trinajstić information content (AvgIpc) is 3.14. The Balaban J connectivity index is 1.69. The molecule has 1 aromatic heterocycles. The molecule has 2 N–H and O–H groups in total. The fourth-order valence-electron chi connectivity index (χ4n) is 3.66. The minimum atomic E-state index is -0.240. The number of carbonyl (C=O) groups excluding carboxylic acids is 2. The van der Waals surface area contributed by atoms with E-state index in [0.29, 0.717) is 31.0 Å². The van der Waals surface area contributed by atoms with E-state index in [9.17, 15) is 9.59 Å². The second kappa shape index (κ2) is 10.1. The highest BCUT2D eigenvalue weighted by molar-refractivity contribution is 5.97. The number of hydrogen-bond acceptors (Lipinski definition) is 4. The Hall–Kier alpha value is -2.83. The third-order valence-corrected chi connectivity index (χ3v) is 5.22. The van der Waals surface area contributed by atoms with E-state index in [1.807, 2.05) is 28.8 Å². The summed E-state index contributed by atoms with van der Waals surface area (Å²) >= 11 is 0. The maximum Gasteiger partial charge on any atom is 0.287 e. The fourth-order valence-corrected chi connectivity index (χ4v) is 3.66. The number of ether oxygens (including phenoxy) is 1. The predicted octanol–water partition coefficient (Wildman–Crippen LogP) is 2.73. The largest absolute Gasteiger partial charge is 0.496 e. The zero-order valence-electron chi connectivity index (χ0n) is 17.3. The number of carbonyl (C=O) groups is 2. The third kappa shape index (κ3) is 4.96. The van der Waals surface area contributed by atoms with E-state index in [-0.39, 0.29) is 11.8 Å². The molecule has 7 nitrogen and oxygen atoms in total. The Morgan fingerprint density at radius 2 is 1.93 bits per heavy atom. The number of nitrogens with zero attached hydrogens (tertiary/aromatic N) is 2. The highest BCUT2D eigenvalue weighted by Crippen LogP contribution is 2.21. The molecule has 0 bridgehead atoms. The van der Waals surface area contributed by atoms with Gasteiger partial charge in [-0.25, -0.2) is 4.98 Å². The molecule has 0 atom stereocenters. The number of nitrogens with one attached hydrogen (secondary N) is 2. The van der Waals surface area contributed by atoms with Crippen LogP contribution in [0.25, 0.3) is 0 Å². The quantitative estimate of drug-likeness (QED) is 0.636. The van der Waals surface area contributed by atoms with Crippen LogP contribution in [0.5, 0.6) is 5.75 Å². The van der Waals surface area contributed by atoms with Crippen LogP contribution in [0.1, 0.15) is 65.0 Å². The number of para-hydroxylation sites is 1. The second-order valence-corrected chi connectivity index (χ2v) is 7.27. The Morgan fingerprint density at radius 3 is 2.72 bits per heavy atom. The van der Waals surface area contributed by atoms with Crippen molar-refractivity contribution in [2.24, 2.45) is 0 Å². The van der Waals surface area contributed by atoms with Crippen LogP contribution in [0, 0.1) is 0 Å². The lowest BCUT2D eigenvalue weighted by Crippen LogP contribution is -2.29. The zero-order valence-corrected chi connectivity index (χ0v) is 17.3. The first-order chi connectivity index (χ1) is 14.2. The molecular formula is C22H30N4O3. The van der Waals surface area contributed by atoms with Gasteiger partial charge in [-0.2, -0.15) is 0 Å². The van der Waals surface area contributed by atoms with Gasteiger partial charge >= 0.3 is 0 Å². The molecule has 0 unspecified atom stereocenters. The summed E-state index contributed by atoms with van der Waals surface area (Å²) in [6, 6.07) is 7.77. The number of fused-ring (bicyclic) bond motifs is 1. The van der Waals surface area contributed by atoms with Crippen LogP contribution in [0.3, 0.4) is 0 Å². The van der Waals surface area contributed by atoms with E-state index in [1.54, 1.807) is 7.11 Å². The van der Waals surface area contributed by atoms with Crippen molar-refractivity contribution in [3.05, 3.63) is 47.0 Å². The number of methoxy groups -OCH3 is 1. The van der Waals surface area contributed by atoms with Gasteiger partial charge in [0.25, 0.3) is 11.8 Å². The van der Waals surface area contributed by atoms with Gasteiger partial charge in [0, 0.05) is 19.6 Å². The number of rotatable bonds is 9. The number of imidazole rings is 1. The lowest BCUT2D eigenvalue weighted by Gasteiger charge is -2.17. The van der Waals surface area contributed by atoms with E-state index in [2.05, 4.69) is 22.5 Å². The smallest absolute Gasteiger partial charge is 0.287 e. The summed E-state index contributed by atoms with van der Waals surface area (Å²) in [6.07, 6.45) is 5.38. The molecule has 0 saturated carbocycles. The summed E-state index contributed by atoms with van der Waals surface area (Å²) in [5.41, 5.74) is 2.31. The van der Waals surface area contributed by atoms with E-state index in [1.165, 1.54) is 0 Å². The minimum absolute atomic E-state index is 0.183. The minimum Gasteiger partial charge on any atom is -0.496 e. The molecule has 3 rings (SSSR count). The predicted molar refractivity (Wildman–Crippen MR) is 111 cm³/mol. The molecule has 2 aromatic rings. The van der Waals surface area contributed by atoms with Crippen LogP contribution < -0.4 is 15.4 Å². The highest BCUT2D eigenvalue weighted by Gasteiger charge is 2.27. The van der Waals surface area contributed by atoms with Crippen molar-refractivity contribution in [2.75, 3.05) is 20.2 Å². The molecule has 0 aliphatic carbocycles. The molecule has 7 heteroatoms. The number of benzene rings is 1. The molecule has 1 aromatic carbocycles. The van der Waals surface area contributed by atoms with Crippen molar-refractivity contribution in [3.63, 3.8) is 0 Å². The van der Waals surface area contributed by atoms with Gasteiger partial charge in [-0.3, -0.25) is 9.59 Å². The summed E-state index contributed by atoms with van der Waals surface area (Å²) < 4.78 is 7.27. The van der Waals surface area contributed by atoms with Crippen molar-refractivity contribution in [1.29, 1.82) is 0 Å². The molecule has 1 aliphatic rings. The van der Waals surface area contributed by atoms with E-state index < -0.39 is 0 Å². The van der Waals surface area contributed by atoms with Crippen molar-refractivity contribution < 1.29 is 14.3 Å². The maximum absolute atomic E-state index is 12.8. The van der Waals surface area contributed by atoms with Crippen LogP contribution in [0.15, 0.2) is 24.3 Å². The van der Waals surface area contributed by atoms with Crippen LogP contribution in [-0.2, 0) is 19.4 Å². The highest BCUT2D eigenvalue weighted by atomic mass is 16.5. The van der Waals surface area contributed by atoms with Gasteiger partial charge in [0.1, 0.15) is 11.4 Å². The standard InChI is InChI=1S/C22H30N4O3/c1-3-4-13-23-21(27)19-17-10-7-8-15-26(17)20(25-19)22(28)24-14-12-16-9-5-6-11-18(16)29-2/h5-6,9,11H,3-4,7-8,10,12-15H2,1-2H3,(H,23,27)(H,24,28). The molecule has 1 aliphatic heterocycles. The van der Waals surface area contributed by atoms with Crippen LogP contribution in [0.4, 0.5) is 0 Å². The summed E-state index contributed by atoms with van der Waals surface area (Å²) in [7, 11) is 1.64. The van der Waals surface area contributed by atoms with E-state index >= 15 is 0 Å². The average molecular weight is 399 g/mol. The topological polar surface area (TPSA) is 85.2 Å². The molecule has 0 spiro atoms. The second-order valence-electron chi connectivity index (χ2n) is 7.27. The van der Waals surface area contributed by atoms with Gasteiger partial charge in [-0.1, -0.05) is 31.5 Å². The molecule has 156 valence electrons. The van der Waals surface area contributed by atoms with Gasteiger partial charge in [0.05, 0.1) is 12.8 Å². The normalized spacial score (nSPS) is 12.9. The lowest BCUT2D eigenvalue weighted by molar-refractivity contribution is 0.0938. The third-order valence-electron chi connectivity index (χ3n) is 5.22. The molecule has 2 heterocycles.